The molecule has 0 aromatic heterocycles. The highest BCUT2D eigenvalue weighted by Gasteiger charge is 2.35. The number of hydrogen-bond acceptors (Lipinski definition) is 2. The summed E-state index contributed by atoms with van der Waals surface area (Å²) in [5, 5.41) is 0. The quantitative estimate of drug-likeness (QED) is 0.769. The fourth-order valence-electron chi connectivity index (χ4n) is 4.68. The van der Waals surface area contributed by atoms with Crippen molar-refractivity contribution in [2.24, 2.45) is 11.8 Å². The summed E-state index contributed by atoms with van der Waals surface area (Å²) < 4.78 is 0. The van der Waals surface area contributed by atoms with Gasteiger partial charge in [-0.05, 0) is 51.0 Å². The molecule has 2 saturated carbocycles. The Labute approximate surface area is 117 Å². The third-order valence-electron chi connectivity index (χ3n) is 5.78. The predicted octanol–water partition coefficient (Wildman–Crippen LogP) is 3.79. The van der Waals surface area contributed by atoms with Crippen molar-refractivity contribution < 1.29 is 4.79 Å². The van der Waals surface area contributed by atoms with Crippen LogP contribution in [0.4, 0.5) is 0 Å². The van der Waals surface area contributed by atoms with Gasteiger partial charge in [0.25, 0.3) is 0 Å². The van der Waals surface area contributed by atoms with E-state index in [0.717, 1.165) is 18.5 Å². The average molecular weight is 263 g/mol. The summed E-state index contributed by atoms with van der Waals surface area (Å²) >= 11 is 0. The molecule has 0 radical (unpaired) electrons. The number of carbonyl (C=O) groups is 1. The van der Waals surface area contributed by atoms with Gasteiger partial charge in [0.1, 0.15) is 5.78 Å². The smallest absolute Gasteiger partial charge is 0.149 e. The third kappa shape index (κ3) is 3.21. The molecule has 0 bridgehead atoms. The molecule has 1 unspecified atom stereocenters. The van der Waals surface area contributed by atoms with Gasteiger partial charge in [-0.25, -0.2) is 0 Å². The van der Waals surface area contributed by atoms with E-state index < -0.39 is 0 Å². The Hall–Kier alpha value is -0.370. The minimum atomic E-state index is 0.401. The molecule has 3 fully saturated rings. The molecule has 1 atom stereocenters. The first-order valence-corrected chi connectivity index (χ1v) is 8.61. The largest absolute Gasteiger partial charge is 0.298 e. The topological polar surface area (TPSA) is 20.3 Å². The molecule has 0 aromatic carbocycles. The molecule has 0 N–H and O–H groups in total. The highest BCUT2D eigenvalue weighted by molar-refractivity contribution is 5.83. The molecule has 108 valence electrons. The van der Waals surface area contributed by atoms with Crippen LogP contribution in [0.15, 0.2) is 0 Å². The van der Waals surface area contributed by atoms with Gasteiger partial charge in [-0.2, -0.15) is 0 Å². The minimum Gasteiger partial charge on any atom is -0.298 e. The second-order valence-corrected chi connectivity index (χ2v) is 7.03. The Morgan fingerprint density at radius 1 is 0.842 bits per heavy atom. The summed E-state index contributed by atoms with van der Waals surface area (Å²) in [7, 11) is 0. The van der Waals surface area contributed by atoms with Gasteiger partial charge < -0.3 is 0 Å². The van der Waals surface area contributed by atoms with E-state index in [1.54, 1.807) is 0 Å². The van der Waals surface area contributed by atoms with Gasteiger partial charge in [0, 0.05) is 12.0 Å². The van der Waals surface area contributed by atoms with Crippen molar-refractivity contribution in [2.45, 2.75) is 76.7 Å². The molecule has 1 aliphatic heterocycles. The fraction of sp³-hybridized carbons (Fsp3) is 0.941. The van der Waals surface area contributed by atoms with Crippen molar-refractivity contribution in [1.82, 2.24) is 4.90 Å². The predicted molar refractivity (Wildman–Crippen MR) is 78.1 cm³/mol. The van der Waals surface area contributed by atoms with Crippen LogP contribution in [0.3, 0.4) is 0 Å². The number of hydrogen-bond donors (Lipinski definition) is 0. The number of nitrogens with zero attached hydrogens (tertiary/aromatic N) is 1. The lowest BCUT2D eigenvalue weighted by Gasteiger charge is -2.30. The lowest BCUT2D eigenvalue weighted by atomic mass is 9.86. The molecule has 19 heavy (non-hydrogen) atoms. The van der Waals surface area contributed by atoms with Crippen LogP contribution in [-0.2, 0) is 4.79 Å². The summed E-state index contributed by atoms with van der Waals surface area (Å²) in [4.78, 5) is 15.0. The summed E-state index contributed by atoms with van der Waals surface area (Å²) in [5.74, 6) is 1.87. The SMILES string of the molecule is O=C(CN1CCCC1C1CCCC1)C1CCCCC1. The molecule has 3 aliphatic rings. The van der Waals surface area contributed by atoms with Gasteiger partial charge in [-0.3, -0.25) is 9.69 Å². The summed E-state index contributed by atoms with van der Waals surface area (Å²) in [6, 6.07) is 0.745. The third-order valence-corrected chi connectivity index (χ3v) is 5.78. The van der Waals surface area contributed by atoms with Crippen molar-refractivity contribution in [2.75, 3.05) is 13.1 Å². The van der Waals surface area contributed by atoms with Crippen molar-refractivity contribution in [3.05, 3.63) is 0 Å². The summed E-state index contributed by atoms with van der Waals surface area (Å²) in [6.07, 6.45) is 14.6. The normalized spacial score (nSPS) is 31.1. The van der Waals surface area contributed by atoms with E-state index in [4.69, 9.17) is 0 Å². The number of ketones is 1. The zero-order chi connectivity index (χ0) is 13.1. The molecular weight excluding hydrogens is 234 g/mol. The summed E-state index contributed by atoms with van der Waals surface area (Å²) in [6.45, 7) is 1.95. The van der Waals surface area contributed by atoms with Gasteiger partial charge in [0.05, 0.1) is 6.54 Å². The average Bonchev–Trinajstić information content (AvgIpc) is 3.10. The maximum atomic E-state index is 12.5. The molecule has 2 nitrogen and oxygen atoms in total. The Bertz CT molecular complexity index is 302. The summed E-state index contributed by atoms with van der Waals surface area (Å²) in [5.41, 5.74) is 0. The van der Waals surface area contributed by atoms with Crippen LogP contribution in [0.5, 0.6) is 0 Å². The lowest BCUT2D eigenvalue weighted by Crippen LogP contribution is -2.40. The highest BCUT2D eigenvalue weighted by Crippen LogP contribution is 2.35. The monoisotopic (exact) mass is 263 g/mol. The highest BCUT2D eigenvalue weighted by atomic mass is 16.1. The van der Waals surface area contributed by atoms with Crippen molar-refractivity contribution >= 4 is 5.78 Å². The Morgan fingerprint density at radius 3 is 2.26 bits per heavy atom. The molecule has 2 heteroatoms. The Kier molecular flexibility index (Phi) is 4.57. The second kappa shape index (κ2) is 6.39. The maximum Gasteiger partial charge on any atom is 0.149 e. The fourth-order valence-corrected chi connectivity index (χ4v) is 4.68. The second-order valence-electron chi connectivity index (χ2n) is 7.03. The number of Topliss-reactive ketones (excluding diaryl/α,β-unsaturated/α-hetero) is 1. The van der Waals surface area contributed by atoms with Crippen LogP contribution in [0.1, 0.15) is 70.6 Å². The maximum absolute atomic E-state index is 12.5. The van der Waals surface area contributed by atoms with Crippen LogP contribution in [-0.4, -0.2) is 29.8 Å². The van der Waals surface area contributed by atoms with Crippen molar-refractivity contribution in [3.8, 4) is 0 Å². The lowest BCUT2D eigenvalue weighted by molar-refractivity contribution is -0.125. The number of rotatable bonds is 4. The molecule has 1 heterocycles. The van der Waals surface area contributed by atoms with Crippen molar-refractivity contribution in [1.29, 1.82) is 0 Å². The molecule has 2 aliphatic carbocycles. The van der Waals surface area contributed by atoms with E-state index >= 15 is 0 Å². The number of carbonyl (C=O) groups excluding carboxylic acids is 1. The first-order valence-electron chi connectivity index (χ1n) is 8.61. The molecule has 0 aromatic rings. The molecular formula is C17H29NO. The Morgan fingerprint density at radius 2 is 1.53 bits per heavy atom. The Balaban J connectivity index is 1.53. The van der Waals surface area contributed by atoms with Crippen LogP contribution in [0, 0.1) is 11.8 Å². The van der Waals surface area contributed by atoms with E-state index in [0.29, 0.717) is 11.7 Å². The molecule has 0 amide bonds. The van der Waals surface area contributed by atoms with Gasteiger partial charge in [0.2, 0.25) is 0 Å². The van der Waals surface area contributed by atoms with E-state index in [-0.39, 0.29) is 0 Å². The van der Waals surface area contributed by atoms with Crippen LogP contribution in [0.2, 0.25) is 0 Å². The van der Waals surface area contributed by atoms with Gasteiger partial charge in [0.15, 0.2) is 0 Å². The zero-order valence-electron chi connectivity index (χ0n) is 12.3. The first-order chi connectivity index (χ1) is 9.34. The first kappa shape index (κ1) is 13.6. The molecule has 3 rings (SSSR count). The van der Waals surface area contributed by atoms with Gasteiger partial charge >= 0.3 is 0 Å². The molecule has 1 saturated heterocycles. The zero-order valence-corrected chi connectivity index (χ0v) is 12.3. The van der Waals surface area contributed by atoms with Gasteiger partial charge in [-0.1, -0.05) is 32.1 Å². The van der Waals surface area contributed by atoms with E-state index in [1.807, 2.05) is 0 Å². The van der Waals surface area contributed by atoms with Gasteiger partial charge in [-0.15, -0.1) is 0 Å². The van der Waals surface area contributed by atoms with Crippen LogP contribution < -0.4 is 0 Å². The standard InChI is InChI=1S/C17H29NO/c19-17(15-9-2-1-3-10-15)13-18-12-6-11-16(18)14-7-4-5-8-14/h14-16H,1-13H2. The molecule has 0 spiro atoms. The van der Waals surface area contributed by atoms with Crippen molar-refractivity contribution in [3.63, 3.8) is 0 Å². The van der Waals surface area contributed by atoms with Crippen LogP contribution in [0.25, 0.3) is 0 Å². The minimum absolute atomic E-state index is 0.401. The van der Waals surface area contributed by atoms with E-state index in [1.165, 1.54) is 77.2 Å². The van der Waals surface area contributed by atoms with E-state index in [2.05, 4.69) is 4.90 Å². The van der Waals surface area contributed by atoms with E-state index in [9.17, 15) is 4.79 Å². The number of likely N-dealkylation sites (tertiary alicyclic amines) is 1. The van der Waals surface area contributed by atoms with Crippen LogP contribution >= 0.6 is 0 Å².